The highest BCUT2D eigenvalue weighted by Gasteiger charge is 1.84. The van der Waals surface area contributed by atoms with E-state index in [2.05, 4.69) is 5.32 Å². The molecule has 0 aliphatic carbocycles. The van der Waals surface area contributed by atoms with Gasteiger partial charge in [-0.25, -0.2) is 0 Å². The Balaban J connectivity index is 0.000000171. The molecular weight excluding hydrogens is 210 g/mol. The van der Waals surface area contributed by atoms with Crippen LogP contribution in [0.4, 0.5) is 5.69 Å². The number of para-hydroxylation sites is 1. The van der Waals surface area contributed by atoms with Crippen molar-refractivity contribution in [3.05, 3.63) is 66.2 Å². The molecule has 2 aromatic rings. The number of anilines is 1. The molecule has 0 radical (unpaired) electrons. The van der Waals surface area contributed by atoms with E-state index in [0.717, 1.165) is 5.69 Å². The third kappa shape index (κ3) is 5.73. The van der Waals surface area contributed by atoms with Crippen molar-refractivity contribution in [2.45, 2.75) is 6.61 Å². The summed E-state index contributed by atoms with van der Waals surface area (Å²) in [4.78, 5) is 0. The normalized spacial score (nSPS) is 9.06. The average Bonchev–Trinajstić information content (AvgIpc) is 2.42. The highest BCUT2D eigenvalue weighted by Crippen LogP contribution is 2.01. The maximum atomic E-state index is 4.93. The predicted octanol–water partition coefficient (Wildman–Crippen LogP) is 3.56. The van der Waals surface area contributed by atoms with Crippen LogP contribution in [0.5, 0.6) is 0 Å². The Kier molecular flexibility index (Phi) is 6.53. The molecule has 0 aromatic heterocycles. The van der Waals surface area contributed by atoms with Gasteiger partial charge in [0.1, 0.15) is 0 Å². The zero-order valence-corrected chi connectivity index (χ0v) is 10.4. The Labute approximate surface area is 103 Å². The molecule has 0 saturated heterocycles. The van der Waals surface area contributed by atoms with Crippen molar-refractivity contribution in [1.82, 2.24) is 0 Å². The van der Waals surface area contributed by atoms with E-state index in [1.54, 1.807) is 7.11 Å². The molecule has 0 aliphatic heterocycles. The van der Waals surface area contributed by atoms with Crippen molar-refractivity contribution < 1.29 is 4.74 Å². The first kappa shape index (κ1) is 13.3. The van der Waals surface area contributed by atoms with Crippen LogP contribution in [0, 0.1) is 0 Å². The minimum Gasteiger partial charge on any atom is -0.388 e. The second-order valence-corrected chi connectivity index (χ2v) is 3.53. The van der Waals surface area contributed by atoms with Gasteiger partial charge in [-0.1, -0.05) is 48.5 Å². The third-order valence-electron chi connectivity index (χ3n) is 2.22. The summed E-state index contributed by atoms with van der Waals surface area (Å²) in [6.07, 6.45) is 0. The van der Waals surface area contributed by atoms with Crippen LogP contribution in [0.2, 0.25) is 0 Å². The van der Waals surface area contributed by atoms with Gasteiger partial charge in [0, 0.05) is 19.8 Å². The van der Waals surface area contributed by atoms with Gasteiger partial charge in [0.2, 0.25) is 0 Å². The molecule has 2 rings (SSSR count). The molecule has 0 spiro atoms. The van der Waals surface area contributed by atoms with Gasteiger partial charge in [-0.15, -0.1) is 0 Å². The van der Waals surface area contributed by atoms with Crippen LogP contribution < -0.4 is 5.32 Å². The summed E-state index contributed by atoms with van der Waals surface area (Å²) in [6, 6.07) is 20.2. The van der Waals surface area contributed by atoms with Crippen LogP contribution >= 0.6 is 0 Å². The highest BCUT2D eigenvalue weighted by molar-refractivity contribution is 5.41. The van der Waals surface area contributed by atoms with Gasteiger partial charge in [0.05, 0.1) is 6.61 Å². The first-order valence-electron chi connectivity index (χ1n) is 5.62. The molecular formula is C15H19NO. The molecule has 0 atom stereocenters. The Bertz CT molecular complexity index is 386. The summed E-state index contributed by atoms with van der Waals surface area (Å²) in [5, 5.41) is 3.03. The SMILES string of the molecule is CNc1ccccc1.COCc1ccccc1. The van der Waals surface area contributed by atoms with E-state index >= 15 is 0 Å². The van der Waals surface area contributed by atoms with Crippen LogP contribution in [0.3, 0.4) is 0 Å². The second-order valence-electron chi connectivity index (χ2n) is 3.53. The molecule has 0 aliphatic rings. The molecule has 0 saturated carbocycles. The topological polar surface area (TPSA) is 21.3 Å². The summed E-state index contributed by atoms with van der Waals surface area (Å²) in [7, 11) is 3.61. The Morgan fingerprint density at radius 2 is 1.41 bits per heavy atom. The molecule has 90 valence electrons. The summed E-state index contributed by atoms with van der Waals surface area (Å²) in [6.45, 7) is 0.709. The number of hydrogen-bond donors (Lipinski definition) is 1. The van der Waals surface area contributed by atoms with E-state index in [9.17, 15) is 0 Å². The van der Waals surface area contributed by atoms with Crippen LogP contribution in [0.1, 0.15) is 5.56 Å². The average molecular weight is 229 g/mol. The minimum absolute atomic E-state index is 0.709. The standard InChI is InChI=1S/C8H10O.C7H9N/c1-9-7-8-5-3-2-4-6-8;1-8-7-5-3-2-4-6-7/h2-6H,7H2,1H3;2-6,8H,1H3. The van der Waals surface area contributed by atoms with E-state index in [1.807, 2.05) is 67.7 Å². The van der Waals surface area contributed by atoms with Crippen molar-refractivity contribution in [1.29, 1.82) is 0 Å². The molecule has 0 fully saturated rings. The van der Waals surface area contributed by atoms with Gasteiger partial charge in [0.15, 0.2) is 0 Å². The van der Waals surface area contributed by atoms with Crippen molar-refractivity contribution in [2.24, 2.45) is 0 Å². The molecule has 2 aromatic carbocycles. The van der Waals surface area contributed by atoms with E-state index in [4.69, 9.17) is 4.74 Å². The predicted molar refractivity (Wildman–Crippen MR) is 73.1 cm³/mol. The summed E-state index contributed by atoms with van der Waals surface area (Å²) < 4.78 is 4.93. The summed E-state index contributed by atoms with van der Waals surface area (Å²) in [5.41, 5.74) is 2.38. The van der Waals surface area contributed by atoms with Crippen molar-refractivity contribution >= 4 is 5.69 Å². The van der Waals surface area contributed by atoms with E-state index < -0.39 is 0 Å². The Hall–Kier alpha value is -1.80. The lowest BCUT2D eigenvalue weighted by Crippen LogP contribution is -1.84. The molecule has 0 bridgehead atoms. The smallest absolute Gasteiger partial charge is 0.0713 e. The van der Waals surface area contributed by atoms with E-state index in [-0.39, 0.29) is 0 Å². The van der Waals surface area contributed by atoms with E-state index in [0.29, 0.717) is 6.61 Å². The lowest BCUT2D eigenvalue weighted by molar-refractivity contribution is 0.185. The number of rotatable bonds is 3. The lowest BCUT2D eigenvalue weighted by atomic mass is 10.2. The van der Waals surface area contributed by atoms with Crippen molar-refractivity contribution in [3.8, 4) is 0 Å². The van der Waals surface area contributed by atoms with Crippen molar-refractivity contribution in [2.75, 3.05) is 19.5 Å². The quantitative estimate of drug-likeness (QED) is 0.869. The molecule has 0 heterocycles. The fourth-order valence-electron chi connectivity index (χ4n) is 1.35. The van der Waals surface area contributed by atoms with Crippen molar-refractivity contribution in [3.63, 3.8) is 0 Å². The Morgan fingerprint density at radius 3 is 1.82 bits per heavy atom. The number of ether oxygens (including phenoxy) is 1. The zero-order valence-electron chi connectivity index (χ0n) is 10.4. The van der Waals surface area contributed by atoms with Crippen LogP contribution in [-0.4, -0.2) is 14.2 Å². The lowest BCUT2D eigenvalue weighted by Gasteiger charge is -1.95. The highest BCUT2D eigenvalue weighted by atomic mass is 16.5. The number of methoxy groups -OCH3 is 1. The van der Waals surface area contributed by atoms with Gasteiger partial charge < -0.3 is 10.1 Å². The maximum absolute atomic E-state index is 4.93. The molecule has 2 nitrogen and oxygen atoms in total. The summed E-state index contributed by atoms with van der Waals surface area (Å²) in [5.74, 6) is 0. The monoisotopic (exact) mass is 229 g/mol. The van der Waals surface area contributed by atoms with Crippen LogP contribution in [0.25, 0.3) is 0 Å². The fraction of sp³-hybridized carbons (Fsp3) is 0.200. The first-order chi connectivity index (χ1) is 8.36. The largest absolute Gasteiger partial charge is 0.388 e. The fourth-order valence-corrected chi connectivity index (χ4v) is 1.35. The third-order valence-corrected chi connectivity index (χ3v) is 2.22. The molecule has 0 amide bonds. The van der Waals surface area contributed by atoms with Gasteiger partial charge in [-0.2, -0.15) is 0 Å². The van der Waals surface area contributed by atoms with E-state index in [1.165, 1.54) is 5.56 Å². The molecule has 17 heavy (non-hydrogen) atoms. The minimum atomic E-state index is 0.709. The number of hydrogen-bond acceptors (Lipinski definition) is 2. The van der Waals surface area contributed by atoms with Gasteiger partial charge in [-0.05, 0) is 17.7 Å². The number of nitrogens with one attached hydrogen (secondary N) is 1. The van der Waals surface area contributed by atoms with Crippen LogP contribution in [0.15, 0.2) is 60.7 Å². The first-order valence-corrected chi connectivity index (χ1v) is 5.62. The molecule has 2 heteroatoms. The van der Waals surface area contributed by atoms with Gasteiger partial charge >= 0.3 is 0 Å². The molecule has 0 unspecified atom stereocenters. The maximum Gasteiger partial charge on any atom is 0.0713 e. The zero-order chi connectivity index (χ0) is 12.3. The molecule has 1 N–H and O–H groups in total. The second kappa shape index (κ2) is 8.36. The number of benzene rings is 2. The van der Waals surface area contributed by atoms with Gasteiger partial charge in [-0.3, -0.25) is 0 Å². The Morgan fingerprint density at radius 1 is 0.882 bits per heavy atom. The van der Waals surface area contributed by atoms with Crippen LogP contribution in [-0.2, 0) is 11.3 Å². The summed E-state index contributed by atoms with van der Waals surface area (Å²) >= 11 is 0. The van der Waals surface area contributed by atoms with Gasteiger partial charge in [0.25, 0.3) is 0 Å².